The molecular weight excluding hydrogens is 793 g/mol. The third-order valence-corrected chi connectivity index (χ3v) is 9.39. The normalized spacial score (nSPS) is 13.4. The summed E-state index contributed by atoms with van der Waals surface area (Å²) in [5.41, 5.74) is 4.84. The van der Waals surface area contributed by atoms with Gasteiger partial charge in [0.1, 0.15) is 0 Å². The second kappa shape index (κ2) is 25.9. The number of carbonyl (C=O) groups excluding carboxylic acids is 4. The SMILES string of the molecule is C.CC(=O)N1CCN(Cc2ccc(NC(=O)c3ccc(Cl)cc3)cc2)CC1.CC(=O)N1CCNCC1.Cl.O=C(Nc1ccc(CCl)cc1)c1ccc(Cl)cc1.[B]. The van der Waals surface area contributed by atoms with Crippen molar-refractivity contribution in [2.45, 2.75) is 33.7 Å². The number of alkyl halides is 1. The van der Waals surface area contributed by atoms with Gasteiger partial charge in [-0.2, -0.15) is 0 Å². The third-order valence-electron chi connectivity index (χ3n) is 8.58. The molecule has 0 spiro atoms. The standard InChI is InChI=1S/C20H22ClN3O2.C14H11Cl2NO.C6H12N2O.CH4.B.ClH/c1-15(25)24-12-10-23(11-13-24)14-16-2-8-19(9-3-16)22-20(26)17-4-6-18(21)7-5-17;15-9-10-1-7-13(8-2-10)17-14(18)11-3-5-12(16)6-4-11;1-6(9)8-4-2-7-3-5-8;;;/h2-9H,10-14H2,1H3,(H,22,26);1-8H,9H2,(H,17,18);7H,2-5H2,1H3;1H4;;1H. The number of amides is 4. The molecule has 4 aromatic rings. The summed E-state index contributed by atoms with van der Waals surface area (Å²) in [6.07, 6.45) is 0. The van der Waals surface area contributed by atoms with Gasteiger partial charge in [-0.25, -0.2) is 0 Å². The lowest BCUT2D eigenvalue weighted by Gasteiger charge is -2.34. The minimum atomic E-state index is -0.162. The zero-order chi connectivity index (χ0) is 38.2. The Morgan fingerprint density at radius 1 is 0.589 bits per heavy atom. The van der Waals surface area contributed by atoms with E-state index in [2.05, 4.69) is 20.9 Å². The number of rotatable bonds is 7. The van der Waals surface area contributed by atoms with Crippen molar-refractivity contribution < 1.29 is 19.2 Å². The van der Waals surface area contributed by atoms with Crippen LogP contribution in [0.15, 0.2) is 97.1 Å². The third kappa shape index (κ3) is 17.0. The zero-order valence-corrected chi connectivity index (χ0v) is 34.0. The molecule has 2 heterocycles. The second-order valence-corrected chi connectivity index (χ2v) is 13.6. The number of nitrogens with one attached hydrogen (secondary N) is 3. The van der Waals surface area contributed by atoms with Crippen molar-refractivity contribution in [1.29, 1.82) is 0 Å². The average molecular weight is 844 g/mol. The molecule has 0 aliphatic carbocycles. The van der Waals surface area contributed by atoms with Crippen molar-refractivity contribution in [3.05, 3.63) is 129 Å². The van der Waals surface area contributed by atoms with E-state index in [9.17, 15) is 19.2 Å². The van der Waals surface area contributed by atoms with Gasteiger partial charge in [0.05, 0.1) is 0 Å². The summed E-state index contributed by atoms with van der Waals surface area (Å²) < 4.78 is 0. The van der Waals surface area contributed by atoms with Gasteiger partial charge < -0.3 is 25.8 Å². The summed E-state index contributed by atoms with van der Waals surface area (Å²) in [4.78, 5) is 52.3. The number of carbonyl (C=O) groups is 4. The van der Waals surface area contributed by atoms with E-state index in [0.29, 0.717) is 27.1 Å². The fourth-order valence-corrected chi connectivity index (χ4v) is 5.87. The van der Waals surface area contributed by atoms with Crippen LogP contribution in [0.1, 0.15) is 53.1 Å². The molecule has 0 aromatic heterocycles. The number of nitrogens with zero attached hydrogens (tertiary/aromatic N) is 3. The van der Waals surface area contributed by atoms with E-state index in [-0.39, 0.29) is 51.9 Å². The number of hydrogen-bond acceptors (Lipinski definition) is 6. The minimum absolute atomic E-state index is 0. The molecule has 0 unspecified atom stereocenters. The first kappa shape index (κ1) is 49.9. The molecule has 2 fully saturated rings. The van der Waals surface area contributed by atoms with Gasteiger partial charge in [-0.3, -0.25) is 24.1 Å². The number of piperazine rings is 2. The molecule has 299 valence electrons. The molecule has 4 amide bonds. The molecule has 3 radical (unpaired) electrons. The topological polar surface area (TPSA) is 114 Å². The van der Waals surface area contributed by atoms with E-state index >= 15 is 0 Å². The van der Waals surface area contributed by atoms with E-state index < -0.39 is 0 Å². The van der Waals surface area contributed by atoms with Gasteiger partial charge in [-0.05, 0) is 83.9 Å². The lowest BCUT2D eigenvalue weighted by atomic mass is 10.1. The summed E-state index contributed by atoms with van der Waals surface area (Å²) >= 11 is 17.3. The van der Waals surface area contributed by atoms with E-state index in [1.165, 1.54) is 5.56 Å². The van der Waals surface area contributed by atoms with Crippen molar-refractivity contribution in [2.24, 2.45) is 0 Å². The van der Waals surface area contributed by atoms with Gasteiger partial charge in [0.25, 0.3) is 11.8 Å². The van der Waals surface area contributed by atoms with Gasteiger partial charge in [-0.15, -0.1) is 24.0 Å². The fraction of sp³-hybridized carbons (Fsp3) is 0.317. The highest BCUT2D eigenvalue weighted by Crippen LogP contribution is 2.17. The Morgan fingerprint density at radius 2 is 0.964 bits per heavy atom. The summed E-state index contributed by atoms with van der Waals surface area (Å²) in [7, 11) is 0. The molecule has 0 bridgehead atoms. The molecular formula is C41H50BCl4N6O4. The number of benzene rings is 4. The summed E-state index contributed by atoms with van der Waals surface area (Å²) in [6.45, 7) is 11.0. The van der Waals surface area contributed by atoms with Crippen LogP contribution in [-0.4, -0.2) is 99.1 Å². The Kier molecular flexibility index (Phi) is 23.1. The Hall–Kier alpha value is -4.10. The monoisotopic (exact) mass is 841 g/mol. The summed E-state index contributed by atoms with van der Waals surface area (Å²) in [5, 5.41) is 10.1. The molecule has 56 heavy (non-hydrogen) atoms. The molecule has 2 aliphatic heterocycles. The average Bonchev–Trinajstić information content (AvgIpc) is 3.17. The molecule has 2 aliphatic rings. The smallest absolute Gasteiger partial charge is 0.255 e. The van der Waals surface area contributed by atoms with E-state index in [0.717, 1.165) is 75.8 Å². The summed E-state index contributed by atoms with van der Waals surface area (Å²) in [6, 6.07) is 28.8. The second-order valence-electron chi connectivity index (χ2n) is 12.5. The number of halogens is 4. The van der Waals surface area contributed by atoms with Gasteiger partial charge in [0.2, 0.25) is 11.8 Å². The largest absolute Gasteiger partial charge is 0.340 e. The first-order valence-corrected chi connectivity index (χ1v) is 18.6. The van der Waals surface area contributed by atoms with Crippen LogP contribution < -0.4 is 16.0 Å². The highest BCUT2D eigenvalue weighted by Gasteiger charge is 2.18. The Labute approximate surface area is 354 Å². The van der Waals surface area contributed by atoms with Crippen molar-refractivity contribution in [3.63, 3.8) is 0 Å². The zero-order valence-electron chi connectivity index (χ0n) is 30.9. The van der Waals surface area contributed by atoms with Gasteiger partial charge >= 0.3 is 0 Å². The van der Waals surface area contributed by atoms with Gasteiger partial charge in [-0.1, -0.05) is 54.9 Å². The van der Waals surface area contributed by atoms with Gasteiger partial charge in [0, 0.05) is 120 Å². The van der Waals surface area contributed by atoms with E-state index in [4.69, 9.17) is 34.8 Å². The van der Waals surface area contributed by atoms with E-state index in [1.807, 2.05) is 58.3 Å². The van der Waals surface area contributed by atoms with Crippen LogP contribution in [-0.2, 0) is 22.0 Å². The first-order valence-electron chi connectivity index (χ1n) is 17.3. The maximum atomic E-state index is 12.2. The van der Waals surface area contributed by atoms with Crippen LogP contribution in [0.2, 0.25) is 10.0 Å². The number of hydrogen-bond donors (Lipinski definition) is 3. The van der Waals surface area contributed by atoms with Crippen LogP contribution in [0.4, 0.5) is 11.4 Å². The van der Waals surface area contributed by atoms with Crippen LogP contribution >= 0.6 is 47.2 Å². The van der Waals surface area contributed by atoms with Gasteiger partial charge in [0.15, 0.2) is 0 Å². The molecule has 10 nitrogen and oxygen atoms in total. The van der Waals surface area contributed by atoms with Crippen LogP contribution in [0, 0.1) is 0 Å². The lowest BCUT2D eigenvalue weighted by Crippen LogP contribution is -2.47. The Balaban J connectivity index is 0.000000455. The molecule has 0 atom stereocenters. The highest BCUT2D eigenvalue weighted by molar-refractivity contribution is 6.31. The molecule has 2 saturated heterocycles. The van der Waals surface area contributed by atoms with Crippen molar-refractivity contribution >= 4 is 90.6 Å². The predicted molar refractivity (Wildman–Crippen MR) is 234 cm³/mol. The first-order chi connectivity index (χ1) is 25.5. The lowest BCUT2D eigenvalue weighted by molar-refractivity contribution is -0.131. The molecule has 4 aromatic carbocycles. The fourth-order valence-electron chi connectivity index (χ4n) is 5.44. The van der Waals surface area contributed by atoms with Crippen LogP contribution in [0.5, 0.6) is 0 Å². The Morgan fingerprint density at radius 3 is 1.32 bits per heavy atom. The molecule has 0 saturated carbocycles. The minimum Gasteiger partial charge on any atom is -0.340 e. The molecule has 6 rings (SSSR count). The highest BCUT2D eigenvalue weighted by atomic mass is 35.5. The maximum absolute atomic E-state index is 12.2. The quantitative estimate of drug-likeness (QED) is 0.130. The molecule has 15 heteroatoms. The molecule has 3 N–H and O–H groups in total. The van der Waals surface area contributed by atoms with E-state index in [1.54, 1.807) is 62.4 Å². The maximum Gasteiger partial charge on any atom is 0.255 e. The Bertz CT molecular complexity index is 1790. The van der Waals surface area contributed by atoms with Crippen molar-refractivity contribution in [1.82, 2.24) is 20.0 Å². The predicted octanol–water partition coefficient (Wildman–Crippen LogP) is 7.70. The van der Waals surface area contributed by atoms with Crippen LogP contribution in [0.25, 0.3) is 0 Å². The number of anilines is 2. The van der Waals surface area contributed by atoms with Crippen molar-refractivity contribution in [2.75, 3.05) is 63.0 Å². The summed E-state index contributed by atoms with van der Waals surface area (Å²) in [5.74, 6) is 0.479. The van der Waals surface area contributed by atoms with Crippen molar-refractivity contribution in [3.8, 4) is 0 Å². The van der Waals surface area contributed by atoms with Crippen LogP contribution in [0.3, 0.4) is 0 Å².